The summed E-state index contributed by atoms with van der Waals surface area (Å²) in [6.45, 7) is 9.13. The van der Waals surface area contributed by atoms with Crippen molar-refractivity contribution in [2.75, 3.05) is 11.1 Å². The molecule has 8 heteroatoms. The molecule has 2 N–H and O–H groups in total. The Bertz CT molecular complexity index is 1080. The maximum absolute atomic E-state index is 13.8. The molecular weight excluding hydrogens is 462 g/mol. The van der Waals surface area contributed by atoms with Gasteiger partial charge < -0.3 is 20.3 Å². The zero-order chi connectivity index (χ0) is 25.8. The highest BCUT2D eigenvalue weighted by molar-refractivity contribution is 7.80. The Balaban J connectivity index is 1.95. The molecule has 1 aliphatic carbocycles. The molecule has 0 radical (unpaired) electrons. The third-order valence-electron chi connectivity index (χ3n) is 5.65. The highest BCUT2D eigenvalue weighted by Gasteiger charge is 2.44. The van der Waals surface area contributed by atoms with Crippen LogP contribution in [0.15, 0.2) is 48.5 Å². The molecule has 7 nitrogen and oxygen atoms in total. The van der Waals surface area contributed by atoms with E-state index in [4.69, 9.17) is 4.74 Å². The van der Waals surface area contributed by atoms with Gasteiger partial charge in [0, 0.05) is 17.5 Å². The first-order chi connectivity index (χ1) is 16.5. The minimum atomic E-state index is -0.938. The second kappa shape index (κ2) is 11.2. The van der Waals surface area contributed by atoms with Gasteiger partial charge in [-0.1, -0.05) is 48.0 Å². The van der Waals surface area contributed by atoms with Crippen molar-refractivity contribution in [3.05, 3.63) is 65.2 Å². The zero-order valence-corrected chi connectivity index (χ0v) is 21.9. The number of benzene rings is 2. The highest BCUT2D eigenvalue weighted by atomic mass is 32.1. The minimum Gasteiger partial charge on any atom is -0.444 e. The molecule has 0 bridgehead atoms. The summed E-state index contributed by atoms with van der Waals surface area (Å²) in [5.74, 6) is -0.596. The summed E-state index contributed by atoms with van der Waals surface area (Å²) in [5.41, 5.74) is 2.61. The van der Waals surface area contributed by atoms with Gasteiger partial charge >= 0.3 is 6.09 Å². The van der Waals surface area contributed by atoms with Crippen molar-refractivity contribution in [1.82, 2.24) is 10.2 Å². The number of hydrogen-bond donors (Lipinski definition) is 3. The lowest BCUT2D eigenvalue weighted by Gasteiger charge is -2.34. The molecule has 0 aliphatic heterocycles. The molecule has 3 rings (SSSR count). The summed E-state index contributed by atoms with van der Waals surface area (Å²) in [6, 6.07) is 13.2. The van der Waals surface area contributed by atoms with Crippen molar-refractivity contribution < 1.29 is 19.1 Å². The molecule has 0 spiro atoms. The summed E-state index contributed by atoms with van der Waals surface area (Å²) in [7, 11) is 0. The quantitative estimate of drug-likeness (QED) is 0.457. The summed E-state index contributed by atoms with van der Waals surface area (Å²) in [5, 5.41) is 5.65. The average Bonchev–Trinajstić information content (AvgIpc) is 3.60. The number of aryl methyl sites for hydroxylation is 2. The molecule has 1 fully saturated rings. The van der Waals surface area contributed by atoms with Gasteiger partial charge in [0.05, 0.1) is 0 Å². The van der Waals surface area contributed by atoms with Crippen molar-refractivity contribution >= 4 is 36.2 Å². The van der Waals surface area contributed by atoms with Gasteiger partial charge in [0.15, 0.2) is 0 Å². The molecule has 188 valence electrons. The molecule has 2 unspecified atom stereocenters. The first kappa shape index (κ1) is 26.6. The fourth-order valence-corrected chi connectivity index (χ4v) is 4.13. The number of ether oxygens (including phenoxy) is 1. The monoisotopic (exact) mass is 497 g/mol. The van der Waals surface area contributed by atoms with E-state index >= 15 is 0 Å². The summed E-state index contributed by atoms with van der Waals surface area (Å²) >= 11 is 4.32. The van der Waals surface area contributed by atoms with Crippen LogP contribution in [-0.4, -0.2) is 46.2 Å². The standard InChI is InChI=1S/C27H35N3O4S/c1-17-9-8-11-19(15-17)23(24(31)28-21-12-7-6-10-18(21)2)30(20-13-14-20)25(32)22(16-35)29-26(33)34-27(3,4)5/h6-12,15,20,22-23,35H,13-14,16H2,1-5H3,(H,28,31)(H,29,33). The smallest absolute Gasteiger partial charge is 0.408 e. The number of carbonyl (C=O) groups is 3. The van der Waals surface area contributed by atoms with Gasteiger partial charge in [-0.3, -0.25) is 9.59 Å². The van der Waals surface area contributed by atoms with E-state index in [1.165, 1.54) is 0 Å². The van der Waals surface area contributed by atoms with E-state index in [9.17, 15) is 14.4 Å². The van der Waals surface area contributed by atoms with Crippen molar-refractivity contribution in [2.24, 2.45) is 0 Å². The number of nitrogens with one attached hydrogen (secondary N) is 2. The number of alkyl carbamates (subject to hydrolysis) is 1. The van der Waals surface area contributed by atoms with Crippen LogP contribution in [0.2, 0.25) is 0 Å². The largest absolute Gasteiger partial charge is 0.444 e. The van der Waals surface area contributed by atoms with Crippen LogP contribution in [0.25, 0.3) is 0 Å². The molecule has 0 heterocycles. The van der Waals surface area contributed by atoms with E-state index in [1.807, 2.05) is 62.4 Å². The fraction of sp³-hybridized carbons (Fsp3) is 0.444. The topological polar surface area (TPSA) is 87.7 Å². The Kier molecular flexibility index (Phi) is 8.48. The lowest BCUT2D eigenvalue weighted by atomic mass is 10.0. The van der Waals surface area contributed by atoms with Gasteiger partial charge in [0.25, 0.3) is 5.91 Å². The molecule has 35 heavy (non-hydrogen) atoms. The van der Waals surface area contributed by atoms with E-state index in [0.29, 0.717) is 11.3 Å². The molecule has 3 amide bonds. The van der Waals surface area contributed by atoms with Gasteiger partial charge in [-0.05, 0) is 64.7 Å². The number of nitrogens with zero attached hydrogens (tertiary/aromatic N) is 1. The van der Waals surface area contributed by atoms with E-state index < -0.39 is 23.8 Å². The van der Waals surface area contributed by atoms with Crippen LogP contribution in [0.4, 0.5) is 10.5 Å². The maximum Gasteiger partial charge on any atom is 0.408 e. The normalized spacial score (nSPS) is 15.0. The third-order valence-corrected chi connectivity index (χ3v) is 6.02. The van der Waals surface area contributed by atoms with Crippen molar-refractivity contribution in [3.63, 3.8) is 0 Å². The van der Waals surface area contributed by atoms with Gasteiger partial charge in [0.1, 0.15) is 17.7 Å². The van der Waals surface area contributed by atoms with Crippen molar-refractivity contribution in [2.45, 2.75) is 71.2 Å². The maximum atomic E-state index is 13.8. The first-order valence-corrected chi connectivity index (χ1v) is 12.5. The second-order valence-electron chi connectivity index (χ2n) is 9.98. The molecule has 0 saturated heterocycles. The van der Waals surface area contributed by atoms with Crippen molar-refractivity contribution in [1.29, 1.82) is 0 Å². The van der Waals surface area contributed by atoms with E-state index in [0.717, 1.165) is 24.0 Å². The van der Waals surface area contributed by atoms with Gasteiger partial charge in [-0.25, -0.2) is 4.79 Å². The van der Waals surface area contributed by atoms with E-state index in [-0.39, 0.29) is 23.6 Å². The molecular formula is C27H35N3O4S. The van der Waals surface area contributed by atoms with Crippen LogP contribution in [0, 0.1) is 13.8 Å². The Labute approximate surface area is 213 Å². The van der Waals surface area contributed by atoms with E-state index in [1.54, 1.807) is 25.7 Å². The second-order valence-corrected chi connectivity index (χ2v) is 10.3. The predicted molar refractivity (Wildman–Crippen MR) is 141 cm³/mol. The Morgan fingerprint density at radius 2 is 1.77 bits per heavy atom. The van der Waals surface area contributed by atoms with Gasteiger partial charge in [-0.2, -0.15) is 12.6 Å². The number of carbonyl (C=O) groups excluding carboxylic acids is 3. The van der Waals surface area contributed by atoms with Gasteiger partial charge in [-0.15, -0.1) is 0 Å². The zero-order valence-electron chi connectivity index (χ0n) is 21.0. The van der Waals surface area contributed by atoms with Crippen LogP contribution < -0.4 is 10.6 Å². The van der Waals surface area contributed by atoms with E-state index in [2.05, 4.69) is 23.3 Å². The lowest BCUT2D eigenvalue weighted by molar-refractivity contribution is -0.141. The number of anilines is 1. The number of rotatable bonds is 8. The number of thiol groups is 1. The Hall–Kier alpha value is -3.00. The molecule has 1 aliphatic rings. The van der Waals surface area contributed by atoms with Crippen LogP contribution in [0.3, 0.4) is 0 Å². The average molecular weight is 498 g/mol. The number of amides is 3. The van der Waals surface area contributed by atoms with Crippen LogP contribution in [0.1, 0.15) is 56.3 Å². The molecule has 2 atom stereocenters. The fourth-order valence-electron chi connectivity index (χ4n) is 3.88. The molecule has 0 aromatic heterocycles. The van der Waals surface area contributed by atoms with Crippen LogP contribution >= 0.6 is 12.6 Å². The summed E-state index contributed by atoms with van der Waals surface area (Å²) in [4.78, 5) is 41.6. The molecule has 1 saturated carbocycles. The minimum absolute atomic E-state index is 0.0707. The molecule has 2 aromatic rings. The summed E-state index contributed by atoms with van der Waals surface area (Å²) < 4.78 is 5.34. The highest BCUT2D eigenvalue weighted by Crippen LogP contribution is 2.36. The van der Waals surface area contributed by atoms with Crippen LogP contribution in [0.5, 0.6) is 0 Å². The lowest BCUT2D eigenvalue weighted by Crippen LogP contribution is -2.54. The Morgan fingerprint density at radius 1 is 1.09 bits per heavy atom. The predicted octanol–water partition coefficient (Wildman–Crippen LogP) is 4.80. The summed E-state index contributed by atoms with van der Waals surface area (Å²) in [6.07, 6.45) is 0.881. The SMILES string of the molecule is Cc1cccc(C(C(=O)Nc2ccccc2C)N(C(=O)C(CS)NC(=O)OC(C)(C)C)C2CC2)c1. The number of hydrogen-bond acceptors (Lipinski definition) is 5. The molecule has 2 aromatic carbocycles. The number of para-hydroxylation sites is 1. The first-order valence-electron chi connectivity index (χ1n) is 11.9. The van der Waals surface area contributed by atoms with Crippen LogP contribution in [-0.2, 0) is 14.3 Å². The third kappa shape index (κ3) is 7.24. The Morgan fingerprint density at radius 3 is 2.34 bits per heavy atom. The van der Waals surface area contributed by atoms with Gasteiger partial charge in [0.2, 0.25) is 5.91 Å². The van der Waals surface area contributed by atoms with Crippen molar-refractivity contribution in [3.8, 4) is 0 Å².